The molecule has 2 N–H and O–H groups in total. The monoisotopic (exact) mass is 236 g/mol. The standard InChI is InChI=1S/C13H17FN2O/c1-8-6-10-12(17-3)5-4-11(14)13(10)16(8)9(2)7-15/h4-6,9H,7,15H2,1-3H3/t9-/m1/s1. The Hall–Kier alpha value is -1.55. The second-order valence-electron chi connectivity index (χ2n) is 4.25. The van der Waals surface area contributed by atoms with Crippen molar-refractivity contribution in [1.29, 1.82) is 0 Å². The average molecular weight is 236 g/mol. The number of nitrogens with two attached hydrogens (primary N) is 1. The van der Waals surface area contributed by atoms with Crippen LogP contribution < -0.4 is 10.5 Å². The van der Waals surface area contributed by atoms with Gasteiger partial charge in [0.1, 0.15) is 11.6 Å². The second-order valence-corrected chi connectivity index (χ2v) is 4.25. The molecule has 0 aliphatic heterocycles. The van der Waals surface area contributed by atoms with E-state index in [4.69, 9.17) is 10.5 Å². The van der Waals surface area contributed by atoms with Gasteiger partial charge in [0.15, 0.2) is 0 Å². The number of fused-ring (bicyclic) bond motifs is 1. The van der Waals surface area contributed by atoms with Crippen LogP contribution in [0, 0.1) is 12.7 Å². The predicted molar refractivity (Wildman–Crippen MR) is 67.0 cm³/mol. The van der Waals surface area contributed by atoms with Crippen molar-refractivity contribution >= 4 is 10.9 Å². The van der Waals surface area contributed by atoms with Crippen molar-refractivity contribution in [3.63, 3.8) is 0 Å². The van der Waals surface area contributed by atoms with Crippen molar-refractivity contribution in [2.24, 2.45) is 5.73 Å². The molecule has 2 rings (SSSR count). The third-order valence-electron chi connectivity index (χ3n) is 3.10. The molecule has 0 bridgehead atoms. The van der Waals surface area contributed by atoms with E-state index < -0.39 is 0 Å². The molecule has 17 heavy (non-hydrogen) atoms. The van der Waals surface area contributed by atoms with Gasteiger partial charge in [-0.2, -0.15) is 0 Å². The zero-order chi connectivity index (χ0) is 12.6. The van der Waals surface area contributed by atoms with E-state index in [2.05, 4.69) is 0 Å². The highest BCUT2D eigenvalue weighted by molar-refractivity contribution is 5.88. The molecule has 0 radical (unpaired) electrons. The molecule has 0 aliphatic carbocycles. The van der Waals surface area contributed by atoms with Crippen LogP contribution in [0.1, 0.15) is 18.7 Å². The van der Waals surface area contributed by atoms with E-state index in [1.54, 1.807) is 13.2 Å². The van der Waals surface area contributed by atoms with Gasteiger partial charge in [0.25, 0.3) is 0 Å². The second kappa shape index (κ2) is 4.37. The van der Waals surface area contributed by atoms with Gasteiger partial charge < -0.3 is 15.0 Å². The maximum absolute atomic E-state index is 14.0. The quantitative estimate of drug-likeness (QED) is 0.889. The molecular weight excluding hydrogens is 219 g/mol. The summed E-state index contributed by atoms with van der Waals surface area (Å²) >= 11 is 0. The lowest BCUT2D eigenvalue weighted by Gasteiger charge is -2.16. The Kier molecular flexibility index (Phi) is 3.07. The van der Waals surface area contributed by atoms with Gasteiger partial charge in [-0.05, 0) is 32.0 Å². The SMILES string of the molecule is COc1ccc(F)c2c1cc(C)n2[C@H](C)CN. The van der Waals surface area contributed by atoms with Crippen LogP contribution in [0.5, 0.6) is 5.75 Å². The number of hydrogen-bond donors (Lipinski definition) is 1. The third-order valence-corrected chi connectivity index (χ3v) is 3.10. The summed E-state index contributed by atoms with van der Waals surface area (Å²) in [6.45, 7) is 4.40. The Balaban J connectivity index is 2.80. The van der Waals surface area contributed by atoms with Crippen molar-refractivity contribution in [3.8, 4) is 5.75 Å². The number of ether oxygens (including phenoxy) is 1. The van der Waals surface area contributed by atoms with Crippen molar-refractivity contribution in [1.82, 2.24) is 4.57 Å². The van der Waals surface area contributed by atoms with E-state index >= 15 is 0 Å². The van der Waals surface area contributed by atoms with E-state index in [0.717, 1.165) is 11.1 Å². The summed E-state index contributed by atoms with van der Waals surface area (Å²) in [5.41, 5.74) is 7.23. The zero-order valence-corrected chi connectivity index (χ0v) is 10.3. The Morgan fingerprint density at radius 3 is 2.76 bits per heavy atom. The maximum atomic E-state index is 14.0. The van der Waals surface area contributed by atoms with E-state index in [9.17, 15) is 4.39 Å². The molecule has 0 spiro atoms. The molecule has 0 aliphatic rings. The van der Waals surface area contributed by atoms with Crippen molar-refractivity contribution in [3.05, 3.63) is 29.7 Å². The molecule has 4 heteroatoms. The Morgan fingerprint density at radius 2 is 2.18 bits per heavy atom. The van der Waals surface area contributed by atoms with Gasteiger partial charge in [0.2, 0.25) is 0 Å². The van der Waals surface area contributed by atoms with Crippen LogP contribution in [0.15, 0.2) is 18.2 Å². The van der Waals surface area contributed by atoms with Gasteiger partial charge in [0, 0.05) is 23.7 Å². The minimum Gasteiger partial charge on any atom is -0.496 e. The predicted octanol–water partition coefficient (Wildman–Crippen LogP) is 2.62. The molecule has 0 saturated heterocycles. The molecule has 0 amide bonds. The fourth-order valence-electron chi connectivity index (χ4n) is 2.25. The zero-order valence-electron chi connectivity index (χ0n) is 10.3. The van der Waals surface area contributed by atoms with Gasteiger partial charge in [-0.25, -0.2) is 4.39 Å². The summed E-state index contributed by atoms with van der Waals surface area (Å²) in [5, 5.41) is 0.797. The summed E-state index contributed by atoms with van der Waals surface area (Å²) in [6, 6.07) is 5.08. The number of nitrogens with zero attached hydrogens (tertiary/aromatic N) is 1. The molecule has 0 unspecified atom stereocenters. The van der Waals surface area contributed by atoms with Gasteiger partial charge >= 0.3 is 0 Å². The highest BCUT2D eigenvalue weighted by atomic mass is 19.1. The number of rotatable bonds is 3. The smallest absolute Gasteiger partial charge is 0.147 e. The maximum Gasteiger partial charge on any atom is 0.147 e. The van der Waals surface area contributed by atoms with E-state index in [1.165, 1.54) is 6.07 Å². The van der Waals surface area contributed by atoms with E-state index in [-0.39, 0.29) is 11.9 Å². The molecule has 1 aromatic heterocycles. The number of benzene rings is 1. The molecule has 3 nitrogen and oxygen atoms in total. The minimum atomic E-state index is -0.241. The highest BCUT2D eigenvalue weighted by Crippen LogP contribution is 2.32. The van der Waals surface area contributed by atoms with Crippen LogP contribution in [0.25, 0.3) is 10.9 Å². The van der Waals surface area contributed by atoms with Crippen LogP contribution in [-0.2, 0) is 0 Å². The number of halogens is 1. The first-order chi connectivity index (χ1) is 8.10. The van der Waals surface area contributed by atoms with Crippen molar-refractivity contribution < 1.29 is 9.13 Å². The Bertz CT molecular complexity index is 548. The number of aromatic nitrogens is 1. The molecule has 1 atom stereocenters. The summed E-state index contributed by atoms with van der Waals surface area (Å²) in [4.78, 5) is 0. The molecular formula is C13H17FN2O. The minimum absolute atomic E-state index is 0.0640. The van der Waals surface area contributed by atoms with Crippen molar-refractivity contribution in [2.75, 3.05) is 13.7 Å². The Morgan fingerprint density at radius 1 is 1.47 bits per heavy atom. The first-order valence-corrected chi connectivity index (χ1v) is 5.64. The van der Waals surface area contributed by atoms with Crippen LogP contribution in [0.2, 0.25) is 0 Å². The highest BCUT2D eigenvalue weighted by Gasteiger charge is 2.16. The summed E-state index contributed by atoms with van der Waals surface area (Å²) in [6.07, 6.45) is 0. The molecule has 1 heterocycles. The van der Waals surface area contributed by atoms with Crippen LogP contribution in [0.3, 0.4) is 0 Å². The Labute approximate surface area is 100.0 Å². The topological polar surface area (TPSA) is 40.2 Å². The fourth-order valence-corrected chi connectivity index (χ4v) is 2.25. The first-order valence-electron chi connectivity index (χ1n) is 5.64. The third kappa shape index (κ3) is 1.78. The van der Waals surface area contributed by atoms with E-state index in [0.29, 0.717) is 17.8 Å². The summed E-state index contributed by atoms with van der Waals surface area (Å²) < 4.78 is 21.1. The van der Waals surface area contributed by atoms with Gasteiger partial charge in [-0.15, -0.1) is 0 Å². The largest absolute Gasteiger partial charge is 0.496 e. The van der Waals surface area contributed by atoms with Crippen LogP contribution >= 0.6 is 0 Å². The molecule has 0 saturated carbocycles. The van der Waals surface area contributed by atoms with Gasteiger partial charge in [-0.1, -0.05) is 0 Å². The normalized spacial score (nSPS) is 13.0. The lowest BCUT2D eigenvalue weighted by Crippen LogP contribution is -2.17. The molecule has 1 aromatic carbocycles. The van der Waals surface area contributed by atoms with Gasteiger partial charge in [0.05, 0.1) is 12.6 Å². The number of aryl methyl sites for hydroxylation is 1. The lowest BCUT2D eigenvalue weighted by molar-refractivity contribution is 0.419. The van der Waals surface area contributed by atoms with Gasteiger partial charge in [-0.3, -0.25) is 0 Å². The van der Waals surface area contributed by atoms with Crippen LogP contribution in [0.4, 0.5) is 4.39 Å². The molecule has 92 valence electrons. The summed E-state index contributed by atoms with van der Waals surface area (Å²) in [5.74, 6) is 0.446. The summed E-state index contributed by atoms with van der Waals surface area (Å²) in [7, 11) is 1.59. The molecule has 2 aromatic rings. The van der Waals surface area contributed by atoms with Crippen LogP contribution in [-0.4, -0.2) is 18.2 Å². The number of hydrogen-bond acceptors (Lipinski definition) is 2. The average Bonchev–Trinajstić information content (AvgIpc) is 2.67. The lowest BCUT2D eigenvalue weighted by atomic mass is 10.2. The first kappa shape index (κ1) is 11.9. The van der Waals surface area contributed by atoms with E-state index in [1.807, 2.05) is 24.5 Å². The number of methoxy groups -OCH3 is 1. The molecule has 0 fully saturated rings. The fraction of sp³-hybridized carbons (Fsp3) is 0.385. The van der Waals surface area contributed by atoms with Crippen molar-refractivity contribution in [2.45, 2.75) is 19.9 Å².